The number of nitrogens with zero attached hydrogens (tertiary/aromatic N) is 1. The largest absolute Gasteiger partial charge is 0.461 e. The molecule has 0 radical (unpaired) electrons. The van der Waals surface area contributed by atoms with Crippen LogP contribution in [0.5, 0.6) is 0 Å². The van der Waals surface area contributed by atoms with Crippen LogP contribution in [0, 0.1) is 0 Å². The molecule has 0 amide bonds. The van der Waals surface area contributed by atoms with E-state index < -0.39 is 0 Å². The second-order valence-electron chi connectivity index (χ2n) is 7.81. The fourth-order valence-corrected chi connectivity index (χ4v) is 4.01. The molecule has 0 aromatic rings. The molecule has 116 valence electrons. The minimum absolute atomic E-state index is 0.0278. The van der Waals surface area contributed by atoms with Gasteiger partial charge in [0, 0.05) is 11.1 Å². The number of carbonyl (C=O) groups is 1. The van der Waals surface area contributed by atoms with Crippen molar-refractivity contribution in [3.63, 3.8) is 0 Å². The monoisotopic (exact) mass is 281 g/mol. The van der Waals surface area contributed by atoms with Crippen molar-refractivity contribution in [2.45, 2.75) is 96.2 Å². The Bertz CT molecular complexity index is 327. The van der Waals surface area contributed by atoms with Crippen LogP contribution in [-0.4, -0.2) is 34.6 Å². The third kappa shape index (κ3) is 3.75. The molecule has 1 heterocycles. The Labute approximate surface area is 124 Å². The highest BCUT2D eigenvalue weighted by Gasteiger charge is 2.42. The first-order valence-electron chi connectivity index (χ1n) is 8.28. The van der Waals surface area contributed by atoms with E-state index in [0.717, 1.165) is 25.7 Å². The minimum atomic E-state index is -0.0278. The molecule has 0 unspecified atom stereocenters. The lowest BCUT2D eigenvalue weighted by Gasteiger charge is -2.52. The van der Waals surface area contributed by atoms with E-state index in [2.05, 4.69) is 32.6 Å². The van der Waals surface area contributed by atoms with Crippen molar-refractivity contribution in [2.75, 3.05) is 6.54 Å². The molecule has 0 aromatic heterocycles. The predicted molar refractivity (Wildman–Crippen MR) is 81.7 cm³/mol. The van der Waals surface area contributed by atoms with Crippen molar-refractivity contribution in [2.24, 2.45) is 0 Å². The molecule has 0 N–H and O–H groups in total. The molecule has 20 heavy (non-hydrogen) atoms. The number of carbonyl (C=O) groups excluding carboxylic acids is 1. The number of ether oxygens (including phenoxy) is 1. The van der Waals surface area contributed by atoms with Gasteiger partial charge in [-0.15, -0.1) is 0 Å². The highest BCUT2D eigenvalue weighted by Crippen LogP contribution is 2.37. The summed E-state index contributed by atoms with van der Waals surface area (Å²) < 4.78 is 5.70. The van der Waals surface area contributed by atoms with Gasteiger partial charge in [-0.2, -0.15) is 0 Å². The summed E-state index contributed by atoms with van der Waals surface area (Å²) in [5.74, 6) is -0.0278. The summed E-state index contributed by atoms with van der Waals surface area (Å²) in [6.45, 7) is 9.45. The van der Waals surface area contributed by atoms with Crippen LogP contribution >= 0.6 is 0 Å². The fraction of sp³-hybridized carbons (Fsp3) is 0.941. The van der Waals surface area contributed by atoms with Gasteiger partial charge in [0.1, 0.15) is 6.10 Å². The van der Waals surface area contributed by atoms with Gasteiger partial charge in [0.15, 0.2) is 0 Å². The van der Waals surface area contributed by atoms with Crippen LogP contribution in [0.1, 0.15) is 79.1 Å². The van der Waals surface area contributed by atoms with Crippen LogP contribution < -0.4 is 0 Å². The van der Waals surface area contributed by atoms with Gasteiger partial charge in [-0.3, -0.25) is 9.69 Å². The first kappa shape index (κ1) is 15.8. The molecule has 3 heteroatoms. The maximum Gasteiger partial charge on any atom is 0.320 e. The molecule has 2 aliphatic rings. The fourth-order valence-electron chi connectivity index (χ4n) is 4.01. The average molecular weight is 281 g/mol. The van der Waals surface area contributed by atoms with E-state index in [4.69, 9.17) is 4.74 Å². The molecule has 1 aliphatic carbocycles. The summed E-state index contributed by atoms with van der Waals surface area (Å²) in [5.41, 5.74) is 0.181. The Kier molecular flexibility index (Phi) is 4.78. The summed E-state index contributed by atoms with van der Waals surface area (Å²) >= 11 is 0. The number of hydrogen-bond acceptors (Lipinski definition) is 3. The van der Waals surface area contributed by atoms with Crippen LogP contribution in [0.2, 0.25) is 0 Å². The summed E-state index contributed by atoms with van der Waals surface area (Å²) in [4.78, 5) is 14.6. The van der Waals surface area contributed by atoms with Crippen molar-refractivity contribution in [1.82, 2.24) is 4.90 Å². The van der Waals surface area contributed by atoms with Crippen LogP contribution in [0.3, 0.4) is 0 Å². The lowest BCUT2D eigenvalue weighted by atomic mass is 9.80. The smallest absolute Gasteiger partial charge is 0.320 e. The number of likely N-dealkylation sites (tertiary alicyclic amines) is 1. The van der Waals surface area contributed by atoms with Gasteiger partial charge in [-0.25, -0.2) is 0 Å². The zero-order valence-corrected chi connectivity index (χ0v) is 13.7. The van der Waals surface area contributed by atoms with E-state index in [1.165, 1.54) is 25.7 Å². The van der Waals surface area contributed by atoms with Crippen LogP contribution in [0.25, 0.3) is 0 Å². The zero-order valence-electron chi connectivity index (χ0n) is 13.7. The molecule has 3 nitrogen and oxygen atoms in total. The predicted octanol–water partition coefficient (Wildman–Crippen LogP) is 3.91. The molecule has 1 saturated heterocycles. The molecule has 0 atom stereocenters. The second kappa shape index (κ2) is 6.05. The summed E-state index contributed by atoms with van der Waals surface area (Å²) in [6, 6.07) is 0. The highest BCUT2D eigenvalue weighted by molar-refractivity contribution is 5.72. The van der Waals surface area contributed by atoms with Gasteiger partial charge in [0.2, 0.25) is 0 Å². The van der Waals surface area contributed by atoms with Crippen LogP contribution in [0.4, 0.5) is 0 Å². The lowest BCUT2D eigenvalue weighted by molar-refractivity contribution is -0.157. The molecule has 0 aromatic carbocycles. The van der Waals surface area contributed by atoms with Crippen molar-refractivity contribution >= 4 is 5.97 Å². The highest BCUT2D eigenvalue weighted by atomic mass is 16.5. The Morgan fingerprint density at radius 1 is 1.00 bits per heavy atom. The molecular formula is C17H31NO2. The Morgan fingerprint density at radius 2 is 1.55 bits per heavy atom. The molecule has 2 fully saturated rings. The zero-order chi connectivity index (χ0) is 14.8. The van der Waals surface area contributed by atoms with Crippen LogP contribution in [0.15, 0.2) is 0 Å². The maximum atomic E-state index is 12.3. The molecular weight excluding hydrogens is 250 g/mol. The van der Waals surface area contributed by atoms with Crippen molar-refractivity contribution < 1.29 is 9.53 Å². The third-order valence-electron chi connectivity index (χ3n) is 5.18. The SMILES string of the molecule is CC1(C)CCCC(C)(C)N1CC(=O)OC1CCCCC1. The Balaban J connectivity index is 1.93. The van der Waals surface area contributed by atoms with E-state index in [1.807, 2.05) is 0 Å². The normalized spacial score (nSPS) is 27.2. The topological polar surface area (TPSA) is 29.5 Å². The van der Waals surface area contributed by atoms with Gasteiger partial charge >= 0.3 is 5.97 Å². The standard InChI is InChI=1S/C17H31NO2/c1-16(2)11-8-12-17(3,4)18(16)13-15(19)20-14-9-6-5-7-10-14/h14H,5-13H2,1-4H3. The van der Waals surface area contributed by atoms with Gasteiger partial charge in [0.25, 0.3) is 0 Å². The third-order valence-corrected chi connectivity index (χ3v) is 5.18. The van der Waals surface area contributed by atoms with Crippen molar-refractivity contribution in [1.29, 1.82) is 0 Å². The minimum Gasteiger partial charge on any atom is -0.461 e. The van der Waals surface area contributed by atoms with Crippen molar-refractivity contribution in [3.05, 3.63) is 0 Å². The Morgan fingerprint density at radius 3 is 2.10 bits per heavy atom. The lowest BCUT2D eigenvalue weighted by Crippen LogP contribution is -2.60. The number of rotatable bonds is 3. The molecule has 2 rings (SSSR count). The van der Waals surface area contributed by atoms with Gasteiger partial charge in [-0.1, -0.05) is 6.42 Å². The van der Waals surface area contributed by atoms with Gasteiger partial charge in [0.05, 0.1) is 6.54 Å². The Hall–Kier alpha value is -0.570. The van der Waals surface area contributed by atoms with Gasteiger partial charge in [-0.05, 0) is 72.6 Å². The first-order chi connectivity index (χ1) is 9.31. The molecule has 1 aliphatic heterocycles. The van der Waals surface area contributed by atoms with Gasteiger partial charge < -0.3 is 4.74 Å². The van der Waals surface area contributed by atoms with Crippen molar-refractivity contribution in [3.8, 4) is 0 Å². The second-order valence-corrected chi connectivity index (χ2v) is 7.81. The number of esters is 1. The average Bonchev–Trinajstić information content (AvgIpc) is 2.35. The molecule has 0 bridgehead atoms. The van der Waals surface area contributed by atoms with E-state index in [0.29, 0.717) is 6.54 Å². The first-order valence-corrected chi connectivity index (χ1v) is 8.28. The van der Waals surface area contributed by atoms with E-state index >= 15 is 0 Å². The van der Waals surface area contributed by atoms with Crippen LogP contribution in [-0.2, 0) is 9.53 Å². The number of hydrogen-bond donors (Lipinski definition) is 0. The summed E-state index contributed by atoms with van der Waals surface area (Å²) in [6.07, 6.45) is 9.55. The number of piperidine rings is 1. The summed E-state index contributed by atoms with van der Waals surface area (Å²) in [5, 5.41) is 0. The summed E-state index contributed by atoms with van der Waals surface area (Å²) in [7, 11) is 0. The maximum absolute atomic E-state index is 12.3. The van der Waals surface area contributed by atoms with E-state index in [-0.39, 0.29) is 23.2 Å². The van der Waals surface area contributed by atoms with E-state index in [1.54, 1.807) is 0 Å². The molecule has 0 spiro atoms. The quantitative estimate of drug-likeness (QED) is 0.735. The molecule has 1 saturated carbocycles. The van der Waals surface area contributed by atoms with E-state index in [9.17, 15) is 4.79 Å².